The van der Waals surface area contributed by atoms with Crippen LogP contribution in [-0.4, -0.2) is 30.6 Å². The third-order valence-corrected chi connectivity index (χ3v) is 5.67. The summed E-state index contributed by atoms with van der Waals surface area (Å²) in [7, 11) is -3.74. The van der Waals surface area contributed by atoms with Crippen molar-refractivity contribution in [1.82, 2.24) is 9.71 Å². The lowest BCUT2D eigenvalue weighted by Gasteiger charge is -2.22. The van der Waals surface area contributed by atoms with E-state index >= 15 is 0 Å². The molecule has 0 fully saturated rings. The summed E-state index contributed by atoms with van der Waals surface area (Å²) in [4.78, 5) is 16.3. The van der Waals surface area contributed by atoms with Crippen molar-refractivity contribution in [1.29, 1.82) is 0 Å². The van der Waals surface area contributed by atoms with Gasteiger partial charge in [0.05, 0.1) is 5.69 Å². The maximum atomic E-state index is 12.1. The maximum absolute atomic E-state index is 12.1. The molecule has 112 valence electrons. The van der Waals surface area contributed by atoms with Crippen molar-refractivity contribution in [2.45, 2.75) is 32.4 Å². The van der Waals surface area contributed by atoms with Crippen LogP contribution in [0.2, 0.25) is 0 Å². The van der Waals surface area contributed by atoms with Crippen molar-refractivity contribution < 1.29 is 13.2 Å². The summed E-state index contributed by atoms with van der Waals surface area (Å²) < 4.78 is 24.7. The molecule has 0 aliphatic rings. The lowest BCUT2D eigenvalue weighted by atomic mass is 10.2. The zero-order chi connectivity index (χ0) is 15.6. The molecule has 1 rings (SSSR count). The average Bonchev–Trinajstić information content (AvgIpc) is 2.77. The topological polar surface area (TPSA) is 88.2 Å². The number of thiazole rings is 1. The lowest BCUT2D eigenvalue weighted by Crippen LogP contribution is -2.50. The van der Waals surface area contributed by atoms with E-state index < -0.39 is 20.7 Å². The molecule has 1 aromatic heterocycles. The second-order valence-corrected chi connectivity index (χ2v) is 7.96. The van der Waals surface area contributed by atoms with Crippen molar-refractivity contribution in [3.05, 3.63) is 17.7 Å². The first-order valence-electron chi connectivity index (χ1n) is 6.04. The van der Waals surface area contributed by atoms with Crippen LogP contribution in [0, 0.1) is 0 Å². The van der Waals surface area contributed by atoms with Crippen LogP contribution in [0.4, 0.5) is 5.13 Å². The molecular weight excluding hydrogens is 298 g/mol. The van der Waals surface area contributed by atoms with Crippen LogP contribution < -0.4 is 10.0 Å². The largest absolute Gasteiger partial charge is 0.301 e. The number of carbonyl (C=O) groups excluding carboxylic acids is 1. The number of anilines is 1. The number of hydrogen-bond donors (Lipinski definition) is 2. The van der Waals surface area contributed by atoms with Crippen LogP contribution in [0.1, 0.15) is 33.4 Å². The molecule has 8 heteroatoms. The van der Waals surface area contributed by atoms with E-state index in [0.29, 0.717) is 10.8 Å². The van der Waals surface area contributed by atoms with Crippen LogP contribution in [0.25, 0.3) is 5.57 Å². The Morgan fingerprint density at radius 2 is 2.10 bits per heavy atom. The van der Waals surface area contributed by atoms with Crippen molar-refractivity contribution in [3.63, 3.8) is 0 Å². The van der Waals surface area contributed by atoms with Crippen molar-refractivity contribution in [3.8, 4) is 0 Å². The van der Waals surface area contributed by atoms with Gasteiger partial charge >= 0.3 is 0 Å². The SMILES string of the molecule is C=C(C)c1csc(NC(=O)C(C)(C)S(=O)(=O)NCC)n1. The number of allylic oxidation sites excluding steroid dienone is 1. The number of nitrogens with one attached hydrogen (secondary N) is 2. The van der Waals surface area contributed by atoms with Gasteiger partial charge in [0.15, 0.2) is 9.88 Å². The minimum absolute atomic E-state index is 0.232. The first-order chi connectivity index (χ1) is 9.11. The molecule has 1 amide bonds. The molecule has 1 aromatic rings. The second kappa shape index (κ2) is 6.02. The molecule has 0 aliphatic heterocycles. The number of carbonyl (C=O) groups is 1. The summed E-state index contributed by atoms with van der Waals surface area (Å²) in [5.74, 6) is -0.624. The highest BCUT2D eigenvalue weighted by Gasteiger charge is 2.41. The number of sulfonamides is 1. The molecule has 0 saturated carbocycles. The monoisotopic (exact) mass is 317 g/mol. The van der Waals surface area contributed by atoms with E-state index in [-0.39, 0.29) is 6.54 Å². The third-order valence-electron chi connectivity index (χ3n) is 2.71. The maximum Gasteiger partial charge on any atom is 0.248 e. The Bertz CT molecular complexity index is 618. The fourth-order valence-electron chi connectivity index (χ4n) is 1.27. The van der Waals surface area contributed by atoms with Crippen molar-refractivity contribution in [2.24, 2.45) is 0 Å². The Morgan fingerprint density at radius 1 is 1.50 bits per heavy atom. The summed E-state index contributed by atoms with van der Waals surface area (Å²) in [5.41, 5.74) is 1.46. The van der Waals surface area contributed by atoms with Gasteiger partial charge in [-0.15, -0.1) is 11.3 Å². The number of hydrogen-bond acceptors (Lipinski definition) is 5. The van der Waals surface area contributed by atoms with Crippen molar-refractivity contribution >= 4 is 38.0 Å². The first-order valence-corrected chi connectivity index (χ1v) is 8.40. The van der Waals surface area contributed by atoms with Crippen LogP contribution in [0.3, 0.4) is 0 Å². The highest BCUT2D eigenvalue weighted by molar-refractivity contribution is 7.91. The Kier molecular flexibility index (Phi) is 5.06. The zero-order valence-electron chi connectivity index (χ0n) is 12.0. The molecule has 20 heavy (non-hydrogen) atoms. The van der Waals surface area contributed by atoms with Gasteiger partial charge in [0.25, 0.3) is 0 Å². The molecule has 1 heterocycles. The van der Waals surface area contributed by atoms with E-state index in [2.05, 4.69) is 21.6 Å². The fraction of sp³-hybridized carbons (Fsp3) is 0.500. The van der Waals surface area contributed by atoms with Gasteiger partial charge in [-0.25, -0.2) is 18.1 Å². The van der Waals surface area contributed by atoms with Crippen LogP contribution in [0.15, 0.2) is 12.0 Å². The fourth-order valence-corrected chi connectivity index (χ4v) is 3.08. The second-order valence-electron chi connectivity index (χ2n) is 4.78. The number of aromatic nitrogens is 1. The van der Waals surface area contributed by atoms with E-state index in [9.17, 15) is 13.2 Å². The van der Waals surface area contributed by atoms with E-state index in [4.69, 9.17) is 0 Å². The highest BCUT2D eigenvalue weighted by atomic mass is 32.2. The zero-order valence-corrected chi connectivity index (χ0v) is 13.6. The summed E-state index contributed by atoms with van der Waals surface area (Å²) in [6.45, 7) is 10.2. The number of rotatable bonds is 6. The summed E-state index contributed by atoms with van der Waals surface area (Å²) >= 11 is 1.23. The van der Waals surface area contributed by atoms with Gasteiger partial charge in [0.1, 0.15) is 0 Å². The molecule has 0 saturated heterocycles. The average molecular weight is 317 g/mol. The minimum atomic E-state index is -3.74. The van der Waals surface area contributed by atoms with E-state index in [1.54, 1.807) is 19.2 Å². The number of nitrogens with zero attached hydrogens (tertiary/aromatic N) is 1. The molecular formula is C12H19N3O3S2. The van der Waals surface area contributed by atoms with Gasteiger partial charge in [-0.3, -0.25) is 4.79 Å². The quantitative estimate of drug-likeness (QED) is 0.838. The molecule has 2 N–H and O–H groups in total. The van der Waals surface area contributed by atoms with Gasteiger partial charge in [-0.05, 0) is 26.3 Å². The molecule has 0 spiro atoms. The standard InChI is InChI=1S/C12H19N3O3S2/c1-6-13-20(17,18)12(4,5)10(16)15-11-14-9(7-19-11)8(2)3/h7,13H,2,6H2,1,3-5H3,(H,14,15,16). The smallest absolute Gasteiger partial charge is 0.248 e. The summed E-state index contributed by atoms with van der Waals surface area (Å²) in [6.07, 6.45) is 0. The Morgan fingerprint density at radius 3 is 2.55 bits per heavy atom. The third kappa shape index (κ3) is 3.44. The van der Waals surface area contributed by atoms with Crippen molar-refractivity contribution in [2.75, 3.05) is 11.9 Å². The predicted octanol–water partition coefficient (Wildman–Crippen LogP) is 1.83. The van der Waals surface area contributed by atoms with Gasteiger partial charge in [-0.1, -0.05) is 13.5 Å². The first kappa shape index (κ1) is 16.8. The van der Waals surface area contributed by atoms with Gasteiger partial charge < -0.3 is 5.32 Å². The molecule has 0 bridgehead atoms. The van der Waals surface area contributed by atoms with E-state index in [1.165, 1.54) is 25.2 Å². The minimum Gasteiger partial charge on any atom is -0.301 e. The van der Waals surface area contributed by atoms with Crippen LogP contribution >= 0.6 is 11.3 Å². The molecule has 0 atom stereocenters. The lowest BCUT2D eigenvalue weighted by molar-refractivity contribution is -0.117. The van der Waals surface area contributed by atoms with Gasteiger partial charge in [-0.2, -0.15) is 0 Å². The highest BCUT2D eigenvalue weighted by Crippen LogP contribution is 2.23. The molecule has 6 nitrogen and oxygen atoms in total. The Balaban J connectivity index is 2.92. The number of amides is 1. The van der Waals surface area contributed by atoms with E-state index in [0.717, 1.165) is 5.57 Å². The van der Waals surface area contributed by atoms with Gasteiger partial charge in [0, 0.05) is 11.9 Å². The van der Waals surface area contributed by atoms with Gasteiger partial charge in [0.2, 0.25) is 15.9 Å². The van der Waals surface area contributed by atoms with Crippen LogP contribution in [-0.2, 0) is 14.8 Å². The predicted molar refractivity (Wildman–Crippen MR) is 82.1 cm³/mol. The molecule has 0 unspecified atom stereocenters. The summed E-state index contributed by atoms with van der Waals surface area (Å²) in [6, 6.07) is 0. The normalized spacial score (nSPS) is 12.2. The Labute approximate surface area is 123 Å². The summed E-state index contributed by atoms with van der Waals surface area (Å²) in [5, 5.41) is 4.64. The van der Waals surface area contributed by atoms with Crippen LogP contribution in [0.5, 0.6) is 0 Å². The molecule has 0 aromatic carbocycles. The Hall–Kier alpha value is -1.25. The molecule has 0 aliphatic carbocycles. The molecule has 0 radical (unpaired) electrons. The van der Waals surface area contributed by atoms with E-state index in [1.807, 2.05) is 0 Å².